The Balaban J connectivity index is 1.80. The van der Waals surface area contributed by atoms with Gasteiger partial charge in [0.05, 0.1) is 16.3 Å². The Morgan fingerprint density at radius 3 is 2.60 bits per heavy atom. The van der Waals surface area contributed by atoms with Gasteiger partial charge < -0.3 is 10.2 Å². The molecule has 0 saturated carbocycles. The smallest absolute Gasteiger partial charge is 0.242 e. The monoisotopic (exact) mass is 447 g/mol. The zero-order valence-corrected chi connectivity index (χ0v) is 19.1. The molecule has 0 aromatic heterocycles. The van der Waals surface area contributed by atoms with E-state index in [0.29, 0.717) is 12.2 Å². The molecule has 0 aliphatic carbocycles. The van der Waals surface area contributed by atoms with Crippen LogP contribution in [0, 0.1) is 13.8 Å². The van der Waals surface area contributed by atoms with Crippen LogP contribution in [0.5, 0.6) is 0 Å². The summed E-state index contributed by atoms with van der Waals surface area (Å²) in [5, 5.41) is 2.86. The third-order valence-electron chi connectivity index (χ3n) is 4.93. The first kappa shape index (κ1) is 22.3. The van der Waals surface area contributed by atoms with Gasteiger partial charge in [0, 0.05) is 25.5 Å². The van der Waals surface area contributed by atoms with Gasteiger partial charge in [-0.1, -0.05) is 23.8 Å². The van der Waals surface area contributed by atoms with Gasteiger partial charge in [-0.05, 0) is 43.2 Å². The molecular weight excluding hydrogens is 422 g/mol. The summed E-state index contributed by atoms with van der Waals surface area (Å²) in [7, 11) is -0.746. The highest BCUT2D eigenvalue weighted by Crippen LogP contribution is 2.37. The summed E-state index contributed by atoms with van der Waals surface area (Å²) < 4.78 is 26.1. The minimum Gasteiger partial charge on any atom is -0.350 e. The van der Waals surface area contributed by atoms with Crippen molar-refractivity contribution in [3.8, 4) is 0 Å². The first-order valence-corrected chi connectivity index (χ1v) is 11.8. The summed E-state index contributed by atoms with van der Waals surface area (Å²) in [4.78, 5) is 27.3. The van der Waals surface area contributed by atoms with E-state index < -0.39 is 10.0 Å². The number of carbonyl (C=O) groups excluding carboxylic acids is 2. The summed E-state index contributed by atoms with van der Waals surface area (Å²) in [5.74, 6) is -0.325. The van der Waals surface area contributed by atoms with Gasteiger partial charge in [0.25, 0.3) is 0 Å². The van der Waals surface area contributed by atoms with Gasteiger partial charge in [-0.25, -0.2) is 12.7 Å². The maximum Gasteiger partial charge on any atom is 0.242 e. The van der Waals surface area contributed by atoms with Crippen molar-refractivity contribution in [2.75, 3.05) is 31.3 Å². The molecule has 160 valence electrons. The maximum absolute atomic E-state index is 12.6. The molecule has 0 bridgehead atoms. The number of benzene rings is 2. The van der Waals surface area contributed by atoms with Crippen LogP contribution < -0.4 is 10.2 Å². The molecule has 30 heavy (non-hydrogen) atoms. The number of nitrogens with zero attached hydrogens (tertiary/aromatic N) is 2. The molecule has 0 saturated heterocycles. The fourth-order valence-electron chi connectivity index (χ4n) is 3.11. The van der Waals surface area contributed by atoms with Gasteiger partial charge >= 0.3 is 0 Å². The van der Waals surface area contributed by atoms with Crippen LogP contribution in [0.25, 0.3) is 0 Å². The van der Waals surface area contributed by atoms with Gasteiger partial charge in [-0.3, -0.25) is 9.59 Å². The van der Waals surface area contributed by atoms with Crippen molar-refractivity contribution < 1.29 is 18.0 Å². The first-order valence-electron chi connectivity index (χ1n) is 9.42. The highest BCUT2D eigenvalue weighted by Gasteiger charge is 2.29. The molecule has 7 nitrogen and oxygen atoms in total. The quantitative estimate of drug-likeness (QED) is 0.734. The Morgan fingerprint density at radius 1 is 1.17 bits per heavy atom. The Labute approximate surface area is 181 Å². The molecule has 1 aliphatic heterocycles. The average Bonchev–Trinajstić information content (AvgIpc) is 2.70. The van der Waals surface area contributed by atoms with E-state index in [1.54, 1.807) is 6.07 Å². The summed E-state index contributed by atoms with van der Waals surface area (Å²) in [6.45, 7) is 4.17. The zero-order valence-electron chi connectivity index (χ0n) is 17.4. The number of hydrogen-bond donors (Lipinski definition) is 1. The fourth-order valence-corrected chi connectivity index (χ4v) is 4.95. The third-order valence-corrected chi connectivity index (χ3v) is 7.79. The average molecular weight is 448 g/mol. The summed E-state index contributed by atoms with van der Waals surface area (Å²) in [6, 6.07) is 10.7. The molecular formula is C21H25N3O4S2. The number of amides is 2. The Morgan fingerprint density at radius 2 is 1.90 bits per heavy atom. The highest BCUT2D eigenvalue weighted by atomic mass is 32.2. The van der Waals surface area contributed by atoms with Crippen molar-refractivity contribution in [1.29, 1.82) is 0 Å². The number of fused-ring (bicyclic) bond motifs is 1. The first-order chi connectivity index (χ1) is 14.1. The second-order valence-electron chi connectivity index (χ2n) is 7.39. The van der Waals surface area contributed by atoms with Crippen LogP contribution >= 0.6 is 11.8 Å². The largest absolute Gasteiger partial charge is 0.350 e. The molecule has 2 aromatic carbocycles. The van der Waals surface area contributed by atoms with Gasteiger partial charge in [-0.15, -0.1) is 11.8 Å². The number of hydrogen-bond acceptors (Lipinski definition) is 5. The molecule has 2 amide bonds. The molecule has 1 aliphatic rings. The van der Waals surface area contributed by atoms with E-state index >= 15 is 0 Å². The molecule has 0 fully saturated rings. The molecule has 0 unspecified atom stereocenters. The van der Waals surface area contributed by atoms with Crippen LogP contribution in [-0.2, 0) is 26.2 Å². The second-order valence-corrected chi connectivity index (χ2v) is 10.6. The van der Waals surface area contributed by atoms with E-state index in [4.69, 9.17) is 0 Å². The SMILES string of the molecule is Cc1ccc(C)c(CNC(=O)CN2C(=O)CSc3ccc(S(=O)(=O)N(C)C)cc32)c1. The molecule has 0 radical (unpaired) electrons. The second kappa shape index (κ2) is 8.79. The van der Waals surface area contributed by atoms with Crippen LogP contribution in [0.2, 0.25) is 0 Å². The third kappa shape index (κ3) is 4.69. The summed E-state index contributed by atoms with van der Waals surface area (Å²) in [6.07, 6.45) is 0. The normalized spacial score (nSPS) is 14.0. The van der Waals surface area contributed by atoms with Crippen molar-refractivity contribution in [3.05, 3.63) is 53.1 Å². The predicted molar refractivity (Wildman–Crippen MR) is 118 cm³/mol. The Bertz CT molecular complexity index is 1100. The van der Waals surface area contributed by atoms with Gasteiger partial charge in [0.15, 0.2) is 0 Å². The summed E-state index contributed by atoms with van der Waals surface area (Å²) >= 11 is 1.34. The number of thioether (sulfide) groups is 1. The minimum absolute atomic E-state index is 0.0855. The van der Waals surface area contributed by atoms with Gasteiger partial charge in [-0.2, -0.15) is 0 Å². The zero-order chi connectivity index (χ0) is 22.1. The molecule has 1 N–H and O–H groups in total. The standard InChI is InChI=1S/C21H25N3O4S2/c1-14-5-6-15(2)16(9-14)11-22-20(25)12-24-18-10-17(30(27,28)23(3)4)7-8-19(18)29-13-21(24)26/h5-10H,11-13H2,1-4H3,(H,22,25). The fraction of sp³-hybridized carbons (Fsp3) is 0.333. The van der Waals surface area contributed by atoms with E-state index in [2.05, 4.69) is 5.32 Å². The molecule has 3 rings (SSSR count). The van der Waals surface area contributed by atoms with Crippen molar-refractivity contribution >= 4 is 39.3 Å². The van der Waals surface area contributed by atoms with Crippen molar-refractivity contribution in [2.45, 2.75) is 30.2 Å². The predicted octanol–water partition coefficient (Wildman–Crippen LogP) is 2.31. The van der Waals surface area contributed by atoms with Crippen molar-refractivity contribution in [3.63, 3.8) is 0 Å². The number of rotatable bonds is 6. The van der Waals surface area contributed by atoms with Crippen LogP contribution in [-0.4, -0.2) is 50.9 Å². The molecule has 9 heteroatoms. The highest BCUT2D eigenvalue weighted by molar-refractivity contribution is 8.00. The summed E-state index contributed by atoms with van der Waals surface area (Å²) in [5.41, 5.74) is 3.65. The van der Waals surface area contributed by atoms with Crippen LogP contribution in [0.1, 0.15) is 16.7 Å². The number of carbonyl (C=O) groups is 2. The number of anilines is 1. The van der Waals surface area contributed by atoms with Crippen LogP contribution in [0.4, 0.5) is 5.69 Å². The van der Waals surface area contributed by atoms with Gasteiger partial charge in [0.1, 0.15) is 6.54 Å². The lowest BCUT2D eigenvalue weighted by Gasteiger charge is -2.29. The van der Waals surface area contributed by atoms with E-state index in [9.17, 15) is 18.0 Å². The van der Waals surface area contributed by atoms with E-state index in [1.807, 2.05) is 32.0 Å². The molecule has 0 atom stereocenters. The van der Waals surface area contributed by atoms with E-state index in [-0.39, 0.29) is 29.0 Å². The lowest BCUT2D eigenvalue weighted by Crippen LogP contribution is -2.43. The number of sulfonamides is 1. The van der Waals surface area contributed by atoms with E-state index in [0.717, 1.165) is 25.9 Å². The molecule has 2 aromatic rings. The van der Waals surface area contributed by atoms with Crippen molar-refractivity contribution in [1.82, 2.24) is 9.62 Å². The van der Waals surface area contributed by atoms with E-state index in [1.165, 1.54) is 42.9 Å². The lowest BCUT2D eigenvalue weighted by molar-refractivity contribution is -0.123. The topological polar surface area (TPSA) is 86.8 Å². The Kier molecular flexibility index (Phi) is 6.54. The minimum atomic E-state index is -3.65. The molecule has 0 spiro atoms. The lowest BCUT2D eigenvalue weighted by atomic mass is 10.1. The number of nitrogens with one attached hydrogen (secondary N) is 1. The van der Waals surface area contributed by atoms with Crippen LogP contribution in [0.15, 0.2) is 46.2 Å². The maximum atomic E-state index is 12.6. The molecule has 1 heterocycles. The van der Waals surface area contributed by atoms with Gasteiger partial charge in [0.2, 0.25) is 21.8 Å². The number of aryl methyl sites for hydroxylation is 2. The van der Waals surface area contributed by atoms with Crippen molar-refractivity contribution in [2.24, 2.45) is 0 Å². The van der Waals surface area contributed by atoms with Crippen LogP contribution in [0.3, 0.4) is 0 Å². The Hall–Kier alpha value is -2.36.